The number of hydrogen-bond acceptors (Lipinski definition) is 3. The summed E-state index contributed by atoms with van der Waals surface area (Å²) in [6, 6.07) is 1.22. The van der Waals surface area contributed by atoms with E-state index in [0.717, 1.165) is 12.8 Å². The highest BCUT2D eigenvalue weighted by atomic mass is 79.9. The highest BCUT2D eigenvalue weighted by Crippen LogP contribution is 2.50. The Morgan fingerprint density at radius 3 is 2.30 bits per heavy atom. The first-order valence-electron chi connectivity index (χ1n) is 6.31. The molecular weight excluding hydrogens is 331 g/mol. The fraction of sp³-hybridized carbons (Fsp3) is 0.500. The Labute approximate surface area is 125 Å². The average molecular weight is 347 g/mol. The molecule has 0 unspecified atom stereocenters. The second-order valence-electron chi connectivity index (χ2n) is 4.88. The Morgan fingerprint density at radius 1 is 1.30 bits per heavy atom. The van der Waals surface area contributed by atoms with E-state index in [1.54, 1.807) is 0 Å². The van der Waals surface area contributed by atoms with Gasteiger partial charge in [0.15, 0.2) is 11.6 Å². The van der Waals surface area contributed by atoms with Gasteiger partial charge in [0.05, 0.1) is 19.6 Å². The molecule has 6 heteroatoms. The van der Waals surface area contributed by atoms with Crippen LogP contribution in [-0.4, -0.2) is 25.3 Å². The molecule has 1 aromatic carbocycles. The summed E-state index contributed by atoms with van der Waals surface area (Å²) in [5, 5.41) is 9.62. The Hall–Kier alpha value is -1.30. The molecule has 0 bridgehead atoms. The maximum Gasteiger partial charge on any atom is 0.314 e. The van der Waals surface area contributed by atoms with E-state index in [2.05, 4.69) is 15.9 Å². The van der Waals surface area contributed by atoms with E-state index in [4.69, 9.17) is 9.47 Å². The van der Waals surface area contributed by atoms with Crippen molar-refractivity contribution < 1.29 is 23.8 Å². The number of carboxylic acids is 1. The lowest BCUT2D eigenvalue weighted by Gasteiger charge is -2.27. The number of aliphatic carboxylic acids is 1. The Bertz CT molecular complexity index is 538. The number of ether oxygens (including phenoxy) is 2. The molecule has 0 radical (unpaired) electrons. The van der Waals surface area contributed by atoms with Crippen molar-refractivity contribution in [3.8, 4) is 11.5 Å². The third-order valence-corrected chi connectivity index (χ3v) is 4.64. The van der Waals surface area contributed by atoms with E-state index in [1.165, 1.54) is 20.3 Å². The van der Waals surface area contributed by atoms with Gasteiger partial charge in [-0.05, 0) is 34.8 Å². The zero-order chi connectivity index (χ0) is 14.9. The minimum absolute atomic E-state index is 0.0177. The van der Waals surface area contributed by atoms with Gasteiger partial charge in [0, 0.05) is 5.56 Å². The molecule has 1 fully saturated rings. The summed E-state index contributed by atoms with van der Waals surface area (Å²) >= 11 is 3.24. The van der Waals surface area contributed by atoms with Crippen LogP contribution in [0.1, 0.15) is 31.2 Å². The van der Waals surface area contributed by atoms with Gasteiger partial charge in [0.1, 0.15) is 10.2 Å². The van der Waals surface area contributed by atoms with Crippen LogP contribution >= 0.6 is 15.9 Å². The third-order valence-electron chi connectivity index (χ3n) is 3.92. The summed E-state index contributed by atoms with van der Waals surface area (Å²) < 4.78 is 24.7. The fourth-order valence-electron chi connectivity index (χ4n) is 2.90. The lowest BCUT2D eigenvalue weighted by atomic mass is 9.78. The van der Waals surface area contributed by atoms with E-state index in [-0.39, 0.29) is 5.75 Å². The second kappa shape index (κ2) is 5.60. The monoisotopic (exact) mass is 346 g/mol. The first kappa shape index (κ1) is 15.1. The molecule has 1 aliphatic rings. The topological polar surface area (TPSA) is 55.8 Å². The molecule has 1 aliphatic carbocycles. The second-order valence-corrected chi connectivity index (χ2v) is 5.67. The van der Waals surface area contributed by atoms with Gasteiger partial charge in [0.25, 0.3) is 0 Å². The van der Waals surface area contributed by atoms with Crippen molar-refractivity contribution in [2.75, 3.05) is 14.2 Å². The van der Waals surface area contributed by atoms with Gasteiger partial charge in [0.2, 0.25) is 0 Å². The highest BCUT2D eigenvalue weighted by Gasteiger charge is 2.46. The molecule has 0 saturated heterocycles. The summed E-state index contributed by atoms with van der Waals surface area (Å²) in [6.45, 7) is 0. The summed E-state index contributed by atoms with van der Waals surface area (Å²) in [6.07, 6.45) is 2.58. The number of carboxylic acid groups (broad SMARTS) is 1. The molecule has 20 heavy (non-hydrogen) atoms. The zero-order valence-corrected chi connectivity index (χ0v) is 12.9. The zero-order valence-electron chi connectivity index (χ0n) is 11.3. The molecule has 0 amide bonds. The number of rotatable bonds is 4. The number of halogens is 2. The van der Waals surface area contributed by atoms with Gasteiger partial charge in [-0.25, -0.2) is 4.39 Å². The molecule has 0 heterocycles. The molecule has 0 aromatic heterocycles. The van der Waals surface area contributed by atoms with Crippen molar-refractivity contribution >= 4 is 21.9 Å². The van der Waals surface area contributed by atoms with Crippen LogP contribution in [-0.2, 0) is 10.2 Å². The largest absolute Gasteiger partial charge is 0.495 e. The first-order chi connectivity index (χ1) is 9.47. The maximum atomic E-state index is 14.1. The van der Waals surface area contributed by atoms with Crippen molar-refractivity contribution in [1.29, 1.82) is 0 Å². The lowest BCUT2D eigenvalue weighted by molar-refractivity contribution is -0.143. The summed E-state index contributed by atoms with van der Waals surface area (Å²) in [5.74, 6) is -1.19. The van der Waals surface area contributed by atoms with Crippen molar-refractivity contribution in [3.05, 3.63) is 21.9 Å². The number of benzene rings is 1. The van der Waals surface area contributed by atoms with Crippen molar-refractivity contribution in [2.24, 2.45) is 0 Å². The molecule has 1 aromatic rings. The van der Waals surface area contributed by atoms with Gasteiger partial charge >= 0.3 is 5.97 Å². The predicted octanol–water partition coefficient (Wildman–Crippen LogP) is 3.50. The third kappa shape index (κ3) is 2.16. The highest BCUT2D eigenvalue weighted by molar-refractivity contribution is 9.10. The van der Waals surface area contributed by atoms with Crippen LogP contribution in [0, 0.1) is 5.82 Å². The Morgan fingerprint density at radius 2 is 1.85 bits per heavy atom. The normalized spacial score (nSPS) is 17.0. The minimum Gasteiger partial charge on any atom is -0.495 e. The molecule has 1 N–H and O–H groups in total. The number of carbonyl (C=O) groups is 1. The summed E-state index contributed by atoms with van der Waals surface area (Å²) in [7, 11) is 2.79. The van der Waals surface area contributed by atoms with Crippen LogP contribution in [0.5, 0.6) is 11.5 Å². The van der Waals surface area contributed by atoms with Gasteiger partial charge in [-0.2, -0.15) is 0 Å². The molecule has 0 spiro atoms. The van der Waals surface area contributed by atoms with Crippen molar-refractivity contribution in [1.82, 2.24) is 0 Å². The molecule has 1 saturated carbocycles. The molecular formula is C14H16BrFO4. The SMILES string of the molecule is COc1c(F)cc(C2(C(=O)O)CCCC2)c(OC)c1Br. The minimum atomic E-state index is -1.08. The quantitative estimate of drug-likeness (QED) is 0.906. The van der Waals surface area contributed by atoms with E-state index in [1.807, 2.05) is 0 Å². The Balaban J connectivity index is 2.70. The van der Waals surface area contributed by atoms with Crippen molar-refractivity contribution in [3.63, 3.8) is 0 Å². The smallest absolute Gasteiger partial charge is 0.314 e. The van der Waals surface area contributed by atoms with E-state index in [0.29, 0.717) is 28.6 Å². The summed E-state index contributed by atoms with van der Waals surface area (Å²) in [4.78, 5) is 11.7. The first-order valence-corrected chi connectivity index (χ1v) is 7.11. The Kier molecular flexibility index (Phi) is 4.22. The lowest BCUT2D eigenvalue weighted by Crippen LogP contribution is -2.33. The van der Waals surface area contributed by atoms with Gasteiger partial charge in [-0.1, -0.05) is 12.8 Å². The van der Waals surface area contributed by atoms with Crippen molar-refractivity contribution in [2.45, 2.75) is 31.1 Å². The fourth-order valence-corrected chi connectivity index (χ4v) is 3.63. The van der Waals surface area contributed by atoms with Crippen LogP contribution in [0.2, 0.25) is 0 Å². The molecule has 2 rings (SSSR count). The van der Waals surface area contributed by atoms with Crippen LogP contribution in [0.4, 0.5) is 4.39 Å². The number of hydrogen-bond donors (Lipinski definition) is 1. The number of methoxy groups -OCH3 is 2. The van der Waals surface area contributed by atoms with Crippen LogP contribution in [0.15, 0.2) is 10.5 Å². The average Bonchev–Trinajstić information content (AvgIpc) is 2.89. The standard InChI is InChI=1S/C14H16BrFO4/c1-19-11-8(7-9(16)12(20-2)10(11)15)14(13(17)18)5-3-4-6-14/h7H,3-6H2,1-2H3,(H,17,18). The molecule has 4 nitrogen and oxygen atoms in total. The van der Waals surface area contributed by atoms with Gasteiger partial charge < -0.3 is 14.6 Å². The van der Waals surface area contributed by atoms with Gasteiger partial charge in [-0.15, -0.1) is 0 Å². The predicted molar refractivity (Wildman–Crippen MR) is 75.0 cm³/mol. The molecule has 0 aliphatic heterocycles. The maximum absolute atomic E-state index is 14.1. The van der Waals surface area contributed by atoms with Crippen LogP contribution < -0.4 is 9.47 Å². The summed E-state index contributed by atoms with van der Waals surface area (Å²) in [5.41, 5.74) is -0.712. The van der Waals surface area contributed by atoms with E-state index < -0.39 is 17.2 Å². The van der Waals surface area contributed by atoms with Crippen LogP contribution in [0.25, 0.3) is 0 Å². The van der Waals surface area contributed by atoms with E-state index in [9.17, 15) is 14.3 Å². The van der Waals surface area contributed by atoms with Crippen LogP contribution in [0.3, 0.4) is 0 Å². The molecule has 110 valence electrons. The van der Waals surface area contributed by atoms with Gasteiger partial charge in [-0.3, -0.25) is 4.79 Å². The molecule has 0 atom stereocenters. The van der Waals surface area contributed by atoms with E-state index >= 15 is 0 Å².